The van der Waals surface area contributed by atoms with Gasteiger partial charge in [-0.2, -0.15) is 0 Å². The van der Waals surface area contributed by atoms with Gasteiger partial charge in [0.15, 0.2) is 5.76 Å². The van der Waals surface area contributed by atoms with Gasteiger partial charge in [-0.3, -0.25) is 4.79 Å². The van der Waals surface area contributed by atoms with Crippen molar-refractivity contribution in [3.63, 3.8) is 0 Å². The quantitative estimate of drug-likeness (QED) is 0.440. The second-order valence-electron chi connectivity index (χ2n) is 3.06. The first-order valence-electron chi connectivity index (χ1n) is 4.39. The molecular weight excluding hydrogens is 214 g/mol. The number of imidazole rings is 1. The Bertz CT molecular complexity index is 515. The molecule has 16 heavy (non-hydrogen) atoms. The smallest absolute Gasteiger partial charge is 0.381 e. The molecule has 7 nitrogen and oxygen atoms in total. The lowest BCUT2D eigenvalue weighted by Gasteiger charge is -1.96. The van der Waals surface area contributed by atoms with Crippen LogP contribution in [0, 0.1) is 10.1 Å². The molecule has 0 saturated heterocycles. The molecule has 82 valence electrons. The summed E-state index contributed by atoms with van der Waals surface area (Å²) in [5.41, 5.74) is 0. The van der Waals surface area contributed by atoms with E-state index in [1.54, 1.807) is 6.07 Å². The van der Waals surface area contributed by atoms with Crippen molar-refractivity contribution in [2.24, 2.45) is 0 Å². The summed E-state index contributed by atoms with van der Waals surface area (Å²) in [6.45, 7) is -0.0334. The maximum absolute atomic E-state index is 11.5. The number of ketones is 1. The number of hydrogen-bond donors (Lipinski definition) is 0. The molecule has 0 bridgehead atoms. The van der Waals surface area contributed by atoms with Gasteiger partial charge in [0.1, 0.15) is 6.20 Å². The lowest BCUT2D eigenvalue weighted by Crippen LogP contribution is -2.07. The number of nitro groups is 1. The fraction of sp³-hybridized carbons (Fsp3) is 0.111. The number of hydrogen-bond acceptors (Lipinski definition) is 5. The van der Waals surface area contributed by atoms with E-state index in [0.717, 1.165) is 0 Å². The minimum absolute atomic E-state index is 0.0334. The van der Waals surface area contributed by atoms with Crippen LogP contribution in [0.2, 0.25) is 0 Å². The summed E-state index contributed by atoms with van der Waals surface area (Å²) >= 11 is 0. The molecular formula is C9H7N3O4. The van der Waals surface area contributed by atoms with Gasteiger partial charge < -0.3 is 19.1 Å². The Labute approximate surface area is 89.5 Å². The first-order chi connectivity index (χ1) is 7.66. The summed E-state index contributed by atoms with van der Waals surface area (Å²) in [4.78, 5) is 24.8. The zero-order valence-corrected chi connectivity index (χ0v) is 8.07. The summed E-state index contributed by atoms with van der Waals surface area (Å²) in [6.07, 6.45) is 3.82. The van der Waals surface area contributed by atoms with Gasteiger partial charge in [0.05, 0.1) is 12.8 Å². The molecule has 0 aliphatic carbocycles. The summed E-state index contributed by atoms with van der Waals surface area (Å²) in [5, 5.41) is 10.4. The largest absolute Gasteiger partial charge is 0.461 e. The molecule has 2 aromatic heterocycles. The standard InChI is InChI=1S/C9H7N3O4/c13-7(8-2-1-3-16-8)4-11-5-9(10-6-11)12(14)15/h1-3,5-6H,4H2. The molecule has 0 unspecified atom stereocenters. The Morgan fingerprint density at radius 1 is 1.62 bits per heavy atom. The van der Waals surface area contributed by atoms with Crippen LogP contribution in [0.1, 0.15) is 10.6 Å². The van der Waals surface area contributed by atoms with Crippen LogP contribution in [-0.4, -0.2) is 20.3 Å². The van der Waals surface area contributed by atoms with E-state index in [4.69, 9.17) is 4.42 Å². The SMILES string of the molecule is O=C(Cn1cnc([N+](=O)[O-])c1)c1ccco1. The van der Waals surface area contributed by atoms with Crippen LogP contribution in [-0.2, 0) is 6.54 Å². The highest BCUT2D eigenvalue weighted by atomic mass is 16.6. The molecule has 2 aromatic rings. The van der Waals surface area contributed by atoms with Crippen molar-refractivity contribution in [1.82, 2.24) is 9.55 Å². The molecule has 2 rings (SSSR count). The highest BCUT2D eigenvalue weighted by Gasteiger charge is 2.14. The van der Waals surface area contributed by atoms with Crippen molar-refractivity contribution < 1.29 is 14.1 Å². The number of carbonyl (C=O) groups is 1. The molecule has 2 heterocycles. The van der Waals surface area contributed by atoms with Gasteiger partial charge in [-0.15, -0.1) is 0 Å². The fourth-order valence-corrected chi connectivity index (χ4v) is 1.21. The molecule has 0 aliphatic heterocycles. The van der Waals surface area contributed by atoms with Crippen LogP contribution < -0.4 is 0 Å². The third kappa shape index (κ3) is 1.97. The van der Waals surface area contributed by atoms with Gasteiger partial charge in [0.25, 0.3) is 0 Å². The fourth-order valence-electron chi connectivity index (χ4n) is 1.21. The number of furan rings is 1. The molecule has 0 aromatic carbocycles. The van der Waals surface area contributed by atoms with E-state index in [2.05, 4.69) is 4.98 Å². The molecule has 7 heteroatoms. The van der Waals surface area contributed by atoms with Crippen molar-refractivity contribution in [1.29, 1.82) is 0 Å². The normalized spacial score (nSPS) is 10.2. The van der Waals surface area contributed by atoms with Crippen molar-refractivity contribution in [2.75, 3.05) is 0 Å². The van der Waals surface area contributed by atoms with Crippen LogP contribution in [0.5, 0.6) is 0 Å². The third-order valence-electron chi connectivity index (χ3n) is 1.93. The Morgan fingerprint density at radius 3 is 3.00 bits per heavy atom. The number of rotatable bonds is 4. The Kier molecular flexibility index (Phi) is 2.50. The maximum atomic E-state index is 11.5. The lowest BCUT2D eigenvalue weighted by molar-refractivity contribution is -0.389. The van der Waals surface area contributed by atoms with Gasteiger partial charge in [0, 0.05) is 0 Å². The molecule has 0 N–H and O–H groups in total. The second-order valence-corrected chi connectivity index (χ2v) is 3.06. The first-order valence-corrected chi connectivity index (χ1v) is 4.39. The van der Waals surface area contributed by atoms with Crippen molar-refractivity contribution in [3.8, 4) is 0 Å². The molecule has 0 spiro atoms. The van der Waals surface area contributed by atoms with E-state index in [1.165, 1.54) is 29.4 Å². The van der Waals surface area contributed by atoms with Crippen molar-refractivity contribution >= 4 is 11.6 Å². The van der Waals surface area contributed by atoms with Crippen LogP contribution >= 0.6 is 0 Å². The van der Waals surface area contributed by atoms with Crippen LogP contribution in [0.3, 0.4) is 0 Å². The van der Waals surface area contributed by atoms with Gasteiger partial charge in [-0.1, -0.05) is 0 Å². The maximum Gasteiger partial charge on any atom is 0.381 e. The minimum Gasteiger partial charge on any atom is -0.461 e. The zero-order valence-electron chi connectivity index (χ0n) is 8.07. The zero-order chi connectivity index (χ0) is 11.5. The summed E-state index contributed by atoms with van der Waals surface area (Å²) in [5.74, 6) is -0.333. The van der Waals surface area contributed by atoms with Gasteiger partial charge in [0.2, 0.25) is 12.1 Å². The highest BCUT2D eigenvalue weighted by molar-refractivity contribution is 5.93. The van der Waals surface area contributed by atoms with E-state index in [0.29, 0.717) is 0 Å². The number of aromatic nitrogens is 2. The molecule has 0 radical (unpaired) electrons. The molecule has 0 saturated carbocycles. The van der Waals surface area contributed by atoms with Crippen LogP contribution in [0.15, 0.2) is 35.3 Å². The average Bonchev–Trinajstić information content (AvgIpc) is 2.87. The first kappa shape index (κ1) is 10.1. The number of carbonyl (C=O) groups excluding carboxylic acids is 1. The van der Waals surface area contributed by atoms with Crippen molar-refractivity contribution in [2.45, 2.75) is 6.54 Å². The minimum atomic E-state index is -0.617. The molecule has 0 amide bonds. The molecule has 0 fully saturated rings. The average molecular weight is 221 g/mol. The number of Topliss-reactive ketones (excluding diaryl/α,β-unsaturated/α-hetero) is 1. The van der Waals surface area contributed by atoms with Gasteiger partial charge >= 0.3 is 5.82 Å². The Hall–Kier alpha value is -2.44. The van der Waals surface area contributed by atoms with Crippen LogP contribution in [0.25, 0.3) is 0 Å². The predicted octanol–water partition coefficient (Wildman–Crippen LogP) is 1.27. The van der Waals surface area contributed by atoms with E-state index >= 15 is 0 Å². The Morgan fingerprint density at radius 2 is 2.44 bits per heavy atom. The topological polar surface area (TPSA) is 91.2 Å². The van der Waals surface area contributed by atoms with Crippen molar-refractivity contribution in [3.05, 3.63) is 46.8 Å². The van der Waals surface area contributed by atoms with E-state index in [-0.39, 0.29) is 23.9 Å². The van der Waals surface area contributed by atoms with Crippen LogP contribution in [0.4, 0.5) is 5.82 Å². The van der Waals surface area contributed by atoms with E-state index < -0.39 is 4.92 Å². The number of nitrogens with zero attached hydrogens (tertiary/aromatic N) is 3. The predicted molar refractivity (Wildman–Crippen MR) is 51.9 cm³/mol. The Balaban J connectivity index is 2.09. The second kappa shape index (κ2) is 3.97. The molecule has 0 aliphatic rings. The third-order valence-corrected chi connectivity index (χ3v) is 1.93. The summed E-state index contributed by atoms with van der Waals surface area (Å²) in [6, 6.07) is 3.14. The molecule has 0 atom stereocenters. The van der Waals surface area contributed by atoms with E-state index in [9.17, 15) is 14.9 Å². The highest BCUT2D eigenvalue weighted by Crippen LogP contribution is 2.08. The van der Waals surface area contributed by atoms with Gasteiger partial charge in [-0.05, 0) is 22.0 Å². The monoisotopic (exact) mass is 221 g/mol. The van der Waals surface area contributed by atoms with Gasteiger partial charge in [-0.25, -0.2) is 0 Å². The van der Waals surface area contributed by atoms with E-state index in [1.807, 2.05) is 0 Å². The lowest BCUT2D eigenvalue weighted by atomic mass is 10.3. The summed E-state index contributed by atoms with van der Waals surface area (Å²) < 4.78 is 6.24. The summed E-state index contributed by atoms with van der Waals surface area (Å²) in [7, 11) is 0.